The summed E-state index contributed by atoms with van der Waals surface area (Å²) in [7, 11) is 3.27. The van der Waals surface area contributed by atoms with Crippen LogP contribution in [0.3, 0.4) is 0 Å². The summed E-state index contributed by atoms with van der Waals surface area (Å²) in [5.41, 5.74) is 4.61. The molecule has 0 spiro atoms. The van der Waals surface area contributed by atoms with Crippen molar-refractivity contribution in [1.29, 1.82) is 0 Å². The molecule has 2 rings (SSSR count). The number of aromatic nitrogens is 1. The van der Waals surface area contributed by atoms with Crippen LogP contribution >= 0.6 is 0 Å². The second-order valence-electron chi connectivity index (χ2n) is 6.50. The van der Waals surface area contributed by atoms with Crippen LogP contribution in [0.4, 0.5) is 0 Å². The number of H-pyrrole nitrogens is 1. The van der Waals surface area contributed by atoms with Gasteiger partial charge in [0, 0.05) is 12.2 Å². The van der Waals surface area contributed by atoms with Crippen molar-refractivity contribution in [3.8, 4) is 0 Å². The minimum Gasteiger partial charge on any atom is -0.465 e. The van der Waals surface area contributed by atoms with E-state index in [-0.39, 0.29) is 11.8 Å². The van der Waals surface area contributed by atoms with Gasteiger partial charge in [-0.25, -0.2) is 4.79 Å². The number of rotatable bonds is 6. The molecule has 0 aliphatic rings. The normalized spacial score (nSPS) is 12.3. The molecule has 1 heterocycles. The van der Waals surface area contributed by atoms with Gasteiger partial charge >= 0.3 is 5.97 Å². The van der Waals surface area contributed by atoms with Crippen LogP contribution < -0.4 is 0 Å². The Hall–Kier alpha value is -2.40. The van der Waals surface area contributed by atoms with Gasteiger partial charge < -0.3 is 9.72 Å². The maximum atomic E-state index is 12.9. The molecule has 5 nitrogen and oxygen atoms in total. The van der Waals surface area contributed by atoms with Gasteiger partial charge in [-0.15, -0.1) is 0 Å². The van der Waals surface area contributed by atoms with Crippen molar-refractivity contribution in [2.75, 3.05) is 14.2 Å². The van der Waals surface area contributed by atoms with Crippen molar-refractivity contribution in [3.05, 3.63) is 57.9 Å². The number of hydrogen-bond donors (Lipinski definition) is 1. The molecule has 0 fully saturated rings. The van der Waals surface area contributed by atoms with Crippen LogP contribution in [-0.2, 0) is 11.3 Å². The highest BCUT2D eigenvalue weighted by Gasteiger charge is 2.27. The zero-order valence-electron chi connectivity index (χ0n) is 15.8. The number of carbonyl (C=O) groups is 2. The molecular weight excluding hydrogens is 316 g/mol. The number of nitrogens with zero attached hydrogens (tertiary/aromatic N) is 1. The summed E-state index contributed by atoms with van der Waals surface area (Å²) < 4.78 is 4.81. The number of aryl methyl sites for hydroxylation is 2. The van der Waals surface area contributed by atoms with E-state index in [1.807, 2.05) is 31.0 Å². The molecule has 0 aliphatic carbocycles. The van der Waals surface area contributed by atoms with Crippen molar-refractivity contribution in [2.24, 2.45) is 0 Å². The van der Waals surface area contributed by atoms with Gasteiger partial charge in [0.1, 0.15) is 0 Å². The Morgan fingerprint density at radius 1 is 1.20 bits per heavy atom. The summed E-state index contributed by atoms with van der Waals surface area (Å²) in [5, 5.41) is 0. The van der Waals surface area contributed by atoms with Crippen LogP contribution in [0.25, 0.3) is 0 Å². The average molecular weight is 342 g/mol. The van der Waals surface area contributed by atoms with E-state index < -0.39 is 5.97 Å². The van der Waals surface area contributed by atoms with Crippen molar-refractivity contribution in [3.63, 3.8) is 0 Å². The number of carbonyl (C=O) groups excluding carboxylic acids is 2. The fourth-order valence-corrected chi connectivity index (χ4v) is 3.01. The van der Waals surface area contributed by atoms with Gasteiger partial charge in [0.05, 0.1) is 24.4 Å². The van der Waals surface area contributed by atoms with E-state index in [1.165, 1.54) is 18.2 Å². The standard InChI is InChI=1S/C20H26N2O3/c1-12-9-7-8-10-16(12)11-22(5)15(4)19(23)18-13(2)17(14(3)21-18)20(24)25-6/h7-10,15,21H,11H2,1-6H3. The maximum Gasteiger partial charge on any atom is 0.339 e. The number of ether oxygens (including phenoxy) is 1. The number of hydrogen-bond acceptors (Lipinski definition) is 4. The molecule has 0 radical (unpaired) electrons. The number of likely N-dealkylation sites (N-methyl/N-ethyl adjacent to an activating group) is 1. The van der Waals surface area contributed by atoms with Gasteiger partial charge in [0.25, 0.3) is 0 Å². The summed E-state index contributed by atoms with van der Waals surface area (Å²) in [5.74, 6) is -0.460. The number of methoxy groups -OCH3 is 1. The topological polar surface area (TPSA) is 62.4 Å². The van der Waals surface area contributed by atoms with Gasteiger partial charge in [0.2, 0.25) is 0 Å². The van der Waals surface area contributed by atoms with E-state index in [9.17, 15) is 9.59 Å². The Labute approximate surface area is 149 Å². The Balaban J connectivity index is 2.22. The van der Waals surface area contributed by atoms with Gasteiger partial charge in [-0.1, -0.05) is 24.3 Å². The van der Waals surface area contributed by atoms with Crippen LogP contribution in [0, 0.1) is 20.8 Å². The van der Waals surface area contributed by atoms with Crippen LogP contribution in [0.2, 0.25) is 0 Å². The summed E-state index contributed by atoms with van der Waals surface area (Å²) >= 11 is 0. The lowest BCUT2D eigenvalue weighted by Gasteiger charge is -2.24. The molecule has 5 heteroatoms. The molecule has 1 N–H and O–H groups in total. The summed E-state index contributed by atoms with van der Waals surface area (Å²) in [6, 6.07) is 7.83. The molecule has 0 amide bonds. The lowest BCUT2D eigenvalue weighted by Crippen LogP contribution is -2.36. The predicted molar refractivity (Wildman–Crippen MR) is 98.0 cm³/mol. The van der Waals surface area contributed by atoms with Crippen LogP contribution in [0.1, 0.15) is 50.2 Å². The van der Waals surface area contributed by atoms with Gasteiger partial charge in [-0.2, -0.15) is 0 Å². The Morgan fingerprint density at radius 3 is 2.44 bits per heavy atom. The molecular formula is C20H26N2O3. The molecule has 1 unspecified atom stereocenters. The Morgan fingerprint density at radius 2 is 1.84 bits per heavy atom. The number of esters is 1. The van der Waals surface area contributed by atoms with Crippen LogP contribution in [0.15, 0.2) is 24.3 Å². The van der Waals surface area contributed by atoms with E-state index in [4.69, 9.17) is 4.74 Å². The van der Waals surface area contributed by atoms with E-state index in [0.29, 0.717) is 29.1 Å². The molecule has 1 aromatic heterocycles. The molecule has 0 bridgehead atoms. The van der Waals surface area contributed by atoms with Gasteiger partial charge in [0.15, 0.2) is 5.78 Å². The minimum atomic E-state index is -0.425. The smallest absolute Gasteiger partial charge is 0.339 e. The molecule has 0 saturated heterocycles. The van der Waals surface area contributed by atoms with E-state index in [2.05, 4.69) is 24.0 Å². The van der Waals surface area contributed by atoms with Gasteiger partial charge in [-0.3, -0.25) is 9.69 Å². The highest BCUT2D eigenvalue weighted by atomic mass is 16.5. The summed E-state index contributed by atoms with van der Waals surface area (Å²) in [6.45, 7) is 8.18. The second-order valence-corrected chi connectivity index (χ2v) is 6.50. The summed E-state index contributed by atoms with van der Waals surface area (Å²) in [4.78, 5) is 29.9. The molecule has 1 atom stereocenters. The zero-order valence-corrected chi connectivity index (χ0v) is 15.8. The Kier molecular flexibility index (Phi) is 5.80. The number of benzene rings is 1. The molecule has 25 heavy (non-hydrogen) atoms. The van der Waals surface area contributed by atoms with Gasteiger partial charge in [-0.05, 0) is 51.4 Å². The highest BCUT2D eigenvalue weighted by Crippen LogP contribution is 2.22. The first-order valence-electron chi connectivity index (χ1n) is 8.34. The molecule has 0 aliphatic heterocycles. The highest BCUT2D eigenvalue weighted by molar-refractivity contribution is 6.03. The summed E-state index contributed by atoms with van der Waals surface area (Å²) in [6.07, 6.45) is 0. The number of ketones is 1. The zero-order chi connectivity index (χ0) is 18.7. The fraction of sp³-hybridized carbons (Fsp3) is 0.400. The lowest BCUT2D eigenvalue weighted by atomic mass is 10.0. The van der Waals surface area contributed by atoms with E-state index >= 15 is 0 Å². The van der Waals surface area contributed by atoms with Crippen LogP contribution in [0.5, 0.6) is 0 Å². The first kappa shape index (κ1) is 18.9. The third kappa shape index (κ3) is 3.82. The molecule has 134 valence electrons. The fourth-order valence-electron chi connectivity index (χ4n) is 3.01. The first-order valence-corrected chi connectivity index (χ1v) is 8.34. The molecule has 1 aromatic carbocycles. The molecule has 0 saturated carbocycles. The second kappa shape index (κ2) is 7.66. The SMILES string of the molecule is COC(=O)c1c(C)[nH]c(C(=O)C(C)N(C)Cc2ccccc2C)c1C. The number of aromatic amines is 1. The Bertz CT molecular complexity index is 792. The first-order chi connectivity index (χ1) is 11.8. The third-order valence-corrected chi connectivity index (χ3v) is 4.80. The monoisotopic (exact) mass is 342 g/mol. The van der Waals surface area contributed by atoms with Crippen molar-refractivity contribution < 1.29 is 14.3 Å². The average Bonchev–Trinajstić information content (AvgIpc) is 2.89. The molecule has 2 aromatic rings. The maximum absolute atomic E-state index is 12.9. The van der Waals surface area contributed by atoms with Crippen molar-refractivity contribution >= 4 is 11.8 Å². The largest absolute Gasteiger partial charge is 0.465 e. The number of nitrogens with one attached hydrogen (secondary N) is 1. The van der Waals surface area contributed by atoms with Crippen molar-refractivity contribution in [1.82, 2.24) is 9.88 Å². The van der Waals surface area contributed by atoms with Crippen molar-refractivity contribution in [2.45, 2.75) is 40.3 Å². The minimum absolute atomic E-state index is 0.0353. The third-order valence-electron chi connectivity index (χ3n) is 4.80. The lowest BCUT2D eigenvalue weighted by molar-refractivity contribution is 0.0599. The van der Waals surface area contributed by atoms with E-state index in [0.717, 1.165) is 0 Å². The van der Waals surface area contributed by atoms with E-state index in [1.54, 1.807) is 13.8 Å². The predicted octanol–water partition coefficient (Wildman–Crippen LogP) is 3.43. The van der Waals surface area contributed by atoms with Crippen LogP contribution in [-0.4, -0.2) is 41.8 Å². The quantitative estimate of drug-likeness (QED) is 0.645. The number of Topliss-reactive ketones (excluding diaryl/α,β-unsaturated/α-hetero) is 1.